The van der Waals surface area contributed by atoms with Crippen LogP contribution in [0.5, 0.6) is 0 Å². The van der Waals surface area contributed by atoms with Gasteiger partial charge in [0, 0.05) is 11.6 Å². The molecular formula is C15H20O4. The molecule has 3 rings (SSSR count). The van der Waals surface area contributed by atoms with E-state index in [2.05, 4.69) is 13.8 Å². The van der Waals surface area contributed by atoms with E-state index in [1.54, 1.807) is 0 Å². The van der Waals surface area contributed by atoms with Crippen LogP contribution in [-0.4, -0.2) is 24.6 Å². The first-order chi connectivity index (χ1) is 8.97. The molecule has 0 spiro atoms. The lowest BCUT2D eigenvalue weighted by molar-refractivity contribution is -0.170. The van der Waals surface area contributed by atoms with Crippen molar-refractivity contribution >= 4 is 11.9 Å². The van der Waals surface area contributed by atoms with Gasteiger partial charge < -0.3 is 9.47 Å². The Kier molecular flexibility index (Phi) is 2.91. The summed E-state index contributed by atoms with van der Waals surface area (Å²) in [5.41, 5.74) is 0.989. The summed E-state index contributed by atoms with van der Waals surface area (Å²) in [4.78, 5) is 23.3. The van der Waals surface area contributed by atoms with Crippen LogP contribution in [-0.2, 0) is 19.1 Å². The lowest BCUT2D eigenvalue weighted by Gasteiger charge is -2.47. The maximum Gasteiger partial charge on any atom is 0.331 e. The highest BCUT2D eigenvalue weighted by Gasteiger charge is 2.48. The molecule has 3 aliphatic rings. The van der Waals surface area contributed by atoms with Gasteiger partial charge in [-0.3, -0.25) is 4.79 Å². The first-order valence-corrected chi connectivity index (χ1v) is 7.05. The molecule has 0 unspecified atom stereocenters. The van der Waals surface area contributed by atoms with Crippen LogP contribution in [0.4, 0.5) is 0 Å². The monoisotopic (exact) mass is 264 g/mol. The Bertz CT molecular complexity index is 449. The highest BCUT2D eigenvalue weighted by Crippen LogP contribution is 2.49. The molecule has 2 heterocycles. The molecule has 104 valence electrons. The van der Waals surface area contributed by atoms with Crippen LogP contribution < -0.4 is 0 Å². The van der Waals surface area contributed by atoms with Crippen LogP contribution >= 0.6 is 0 Å². The van der Waals surface area contributed by atoms with Crippen LogP contribution in [0.3, 0.4) is 0 Å². The number of carbonyl (C=O) groups is 2. The summed E-state index contributed by atoms with van der Waals surface area (Å²) in [5.74, 6) is -0.0203. The van der Waals surface area contributed by atoms with Crippen LogP contribution in [0.1, 0.15) is 39.5 Å². The third-order valence-electron chi connectivity index (χ3n) is 4.95. The van der Waals surface area contributed by atoms with Crippen molar-refractivity contribution < 1.29 is 19.1 Å². The lowest BCUT2D eigenvalue weighted by atomic mass is 9.60. The van der Waals surface area contributed by atoms with Crippen LogP contribution in [0.25, 0.3) is 0 Å². The summed E-state index contributed by atoms with van der Waals surface area (Å²) in [5, 5.41) is 0. The molecule has 0 aromatic rings. The summed E-state index contributed by atoms with van der Waals surface area (Å²) >= 11 is 0. The number of cyclic esters (lactones) is 2. The second-order valence-electron chi connectivity index (χ2n) is 6.58. The fraction of sp³-hybridized carbons (Fsp3) is 0.733. The van der Waals surface area contributed by atoms with Crippen LogP contribution in [0.15, 0.2) is 11.6 Å². The number of hydrogen-bond donors (Lipinski definition) is 0. The minimum atomic E-state index is -0.323. The summed E-state index contributed by atoms with van der Waals surface area (Å²) in [6.45, 7) is 4.75. The van der Waals surface area contributed by atoms with E-state index >= 15 is 0 Å². The molecule has 4 heteroatoms. The van der Waals surface area contributed by atoms with Crippen molar-refractivity contribution in [1.82, 2.24) is 0 Å². The van der Waals surface area contributed by atoms with E-state index in [4.69, 9.17) is 9.47 Å². The number of fused-ring (bicyclic) bond motifs is 1. The summed E-state index contributed by atoms with van der Waals surface area (Å²) in [6, 6.07) is 0. The maximum atomic E-state index is 12.2. The molecule has 0 bridgehead atoms. The van der Waals surface area contributed by atoms with Crippen LogP contribution in [0.2, 0.25) is 0 Å². The molecule has 1 saturated heterocycles. The minimum absolute atomic E-state index is 0.0404. The molecule has 0 radical (unpaired) electrons. The summed E-state index contributed by atoms with van der Waals surface area (Å²) in [6.07, 6.45) is 5.23. The Hall–Kier alpha value is -1.32. The van der Waals surface area contributed by atoms with E-state index in [-0.39, 0.29) is 36.0 Å². The average Bonchev–Trinajstić information content (AvgIpc) is 2.76. The van der Waals surface area contributed by atoms with Gasteiger partial charge in [0.25, 0.3) is 0 Å². The Morgan fingerprint density at radius 1 is 1.32 bits per heavy atom. The standard InChI is InChI=1S/C15H20O4/c1-15(2)5-3-4-10-11(15)7-12(19-14(10)17)9-6-13(16)18-8-9/h6,10-12H,3-5,7-8H2,1-2H3/t10-,11+,12-/m0/s1. The van der Waals surface area contributed by atoms with E-state index < -0.39 is 0 Å². The van der Waals surface area contributed by atoms with E-state index in [0.717, 1.165) is 31.3 Å². The predicted molar refractivity (Wildman–Crippen MR) is 68.2 cm³/mol. The summed E-state index contributed by atoms with van der Waals surface area (Å²) in [7, 11) is 0. The molecule has 4 nitrogen and oxygen atoms in total. The van der Waals surface area contributed by atoms with E-state index in [1.807, 2.05) is 0 Å². The van der Waals surface area contributed by atoms with Crippen LogP contribution in [0, 0.1) is 17.3 Å². The van der Waals surface area contributed by atoms with E-state index in [0.29, 0.717) is 5.92 Å². The Labute approximate surface area is 113 Å². The topological polar surface area (TPSA) is 52.6 Å². The van der Waals surface area contributed by atoms with Gasteiger partial charge in [-0.1, -0.05) is 20.3 Å². The number of carbonyl (C=O) groups excluding carboxylic acids is 2. The number of ether oxygens (including phenoxy) is 2. The smallest absolute Gasteiger partial charge is 0.331 e. The Balaban J connectivity index is 1.83. The van der Waals surface area contributed by atoms with Gasteiger partial charge in [0.15, 0.2) is 0 Å². The predicted octanol–water partition coefficient (Wildman–Crippen LogP) is 2.23. The molecule has 2 aliphatic heterocycles. The molecular weight excluding hydrogens is 244 g/mol. The number of esters is 2. The van der Waals surface area contributed by atoms with Crippen molar-refractivity contribution in [3.8, 4) is 0 Å². The van der Waals surface area contributed by atoms with E-state index in [1.165, 1.54) is 6.08 Å². The van der Waals surface area contributed by atoms with E-state index in [9.17, 15) is 9.59 Å². The number of rotatable bonds is 1. The van der Waals surface area contributed by atoms with Gasteiger partial charge in [-0.2, -0.15) is 0 Å². The normalized spacial score (nSPS) is 37.2. The van der Waals surface area contributed by atoms with Gasteiger partial charge in [0.05, 0.1) is 5.92 Å². The first kappa shape index (κ1) is 12.7. The second kappa shape index (κ2) is 4.36. The number of hydrogen-bond acceptors (Lipinski definition) is 4. The average molecular weight is 264 g/mol. The van der Waals surface area contributed by atoms with Gasteiger partial charge in [-0.05, 0) is 30.6 Å². The van der Waals surface area contributed by atoms with Crippen molar-refractivity contribution in [3.05, 3.63) is 11.6 Å². The summed E-state index contributed by atoms with van der Waals surface area (Å²) < 4.78 is 10.5. The highest BCUT2D eigenvalue weighted by atomic mass is 16.6. The molecule has 2 fully saturated rings. The molecule has 1 saturated carbocycles. The minimum Gasteiger partial charge on any atom is -0.458 e. The molecule has 19 heavy (non-hydrogen) atoms. The molecule has 3 atom stereocenters. The first-order valence-electron chi connectivity index (χ1n) is 7.05. The van der Waals surface area contributed by atoms with Gasteiger partial charge in [0.2, 0.25) is 0 Å². The van der Waals surface area contributed by atoms with Gasteiger partial charge in [0.1, 0.15) is 12.7 Å². The van der Waals surface area contributed by atoms with Crippen molar-refractivity contribution in [1.29, 1.82) is 0 Å². The van der Waals surface area contributed by atoms with Gasteiger partial charge >= 0.3 is 11.9 Å². The second-order valence-corrected chi connectivity index (χ2v) is 6.58. The maximum absolute atomic E-state index is 12.2. The fourth-order valence-corrected chi connectivity index (χ4v) is 3.78. The van der Waals surface area contributed by atoms with Crippen molar-refractivity contribution in [2.75, 3.05) is 6.61 Å². The molecule has 0 amide bonds. The molecule has 1 aliphatic carbocycles. The third-order valence-corrected chi connectivity index (χ3v) is 4.95. The van der Waals surface area contributed by atoms with Gasteiger partial charge in [-0.15, -0.1) is 0 Å². The Morgan fingerprint density at radius 2 is 2.11 bits per heavy atom. The SMILES string of the molecule is CC1(C)CCC[C@@H]2C(=O)O[C@H](C3=CC(=O)OC3)C[C@H]21. The van der Waals surface area contributed by atoms with Crippen molar-refractivity contribution in [2.45, 2.75) is 45.6 Å². The molecule has 0 aromatic heterocycles. The fourth-order valence-electron chi connectivity index (χ4n) is 3.78. The zero-order valence-corrected chi connectivity index (χ0v) is 11.5. The van der Waals surface area contributed by atoms with Crippen molar-refractivity contribution in [2.24, 2.45) is 17.3 Å². The highest BCUT2D eigenvalue weighted by molar-refractivity contribution is 5.85. The zero-order chi connectivity index (χ0) is 13.6. The molecule has 0 aromatic carbocycles. The molecule has 0 N–H and O–H groups in total. The Morgan fingerprint density at radius 3 is 2.79 bits per heavy atom. The van der Waals surface area contributed by atoms with Gasteiger partial charge in [-0.25, -0.2) is 4.79 Å². The quantitative estimate of drug-likeness (QED) is 0.681. The third kappa shape index (κ3) is 2.17. The zero-order valence-electron chi connectivity index (χ0n) is 11.5. The largest absolute Gasteiger partial charge is 0.458 e. The lowest BCUT2D eigenvalue weighted by Crippen LogP contribution is -2.47. The van der Waals surface area contributed by atoms with Crippen molar-refractivity contribution in [3.63, 3.8) is 0 Å².